The molecule has 142 valence electrons. The number of nitrogens with two attached hydrogens (primary N) is 1. The minimum atomic E-state index is -0.743. The van der Waals surface area contributed by atoms with E-state index in [1.807, 2.05) is 25.9 Å². The van der Waals surface area contributed by atoms with Crippen molar-refractivity contribution in [2.24, 2.45) is 17.1 Å². The molecular formula is C17H34N2O5. The van der Waals surface area contributed by atoms with Crippen LogP contribution in [-0.2, 0) is 19.1 Å². The van der Waals surface area contributed by atoms with Crippen molar-refractivity contribution in [2.75, 3.05) is 34.4 Å². The van der Waals surface area contributed by atoms with E-state index in [0.717, 1.165) is 0 Å². The first-order valence-corrected chi connectivity index (χ1v) is 8.39. The maximum atomic E-state index is 12.4. The van der Waals surface area contributed by atoms with Crippen LogP contribution in [0.2, 0.25) is 0 Å². The quantitative estimate of drug-likeness (QED) is 0.533. The summed E-state index contributed by atoms with van der Waals surface area (Å²) in [5, 5.41) is 9.80. The number of esters is 2. The number of aliphatic hydroxyl groups excluding tert-OH is 1. The average Bonchev–Trinajstić information content (AvgIpc) is 2.50. The summed E-state index contributed by atoms with van der Waals surface area (Å²) in [7, 11) is 5.02. The molecule has 4 atom stereocenters. The largest absolute Gasteiger partial charge is 0.469 e. The fourth-order valence-corrected chi connectivity index (χ4v) is 2.61. The molecule has 0 radical (unpaired) electrons. The average molecular weight is 346 g/mol. The number of aliphatic hydroxyl groups is 1. The Labute approximate surface area is 145 Å². The maximum Gasteiger partial charge on any atom is 0.311 e. The number of carbonyl (C=O) groups excluding carboxylic acids is 2. The Morgan fingerprint density at radius 1 is 1.33 bits per heavy atom. The molecule has 0 aliphatic heterocycles. The van der Waals surface area contributed by atoms with Gasteiger partial charge >= 0.3 is 11.9 Å². The van der Waals surface area contributed by atoms with E-state index in [-0.39, 0.29) is 30.5 Å². The molecule has 0 aromatic heterocycles. The smallest absolute Gasteiger partial charge is 0.311 e. The number of likely N-dealkylation sites (N-methyl/N-ethyl adjacent to an activating group) is 1. The summed E-state index contributed by atoms with van der Waals surface area (Å²) in [4.78, 5) is 25.7. The zero-order valence-corrected chi connectivity index (χ0v) is 15.9. The minimum absolute atomic E-state index is 0.0413. The highest BCUT2D eigenvalue weighted by atomic mass is 16.5. The van der Waals surface area contributed by atoms with Crippen molar-refractivity contribution in [3.8, 4) is 0 Å². The molecule has 0 aromatic rings. The van der Waals surface area contributed by atoms with Crippen LogP contribution in [0.5, 0.6) is 0 Å². The highest BCUT2D eigenvalue weighted by Gasteiger charge is 2.36. The lowest BCUT2D eigenvalue weighted by atomic mass is 9.79. The molecule has 0 aliphatic carbocycles. The molecule has 0 aromatic carbocycles. The van der Waals surface area contributed by atoms with Gasteiger partial charge in [-0.3, -0.25) is 9.59 Å². The molecule has 0 amide bonds. The third kappa shape index (κ3) is 8.08. The van der Waals surface area contributed by atoms with Crippen LogP contribution < -0.4 is 5.73 Å². The predicted octanol–water partition coefficient (Wildman–Crippen LogP) is 0.785. The van der Waals surface area contributed by atoms with Gasteiger partial charge < -0.3 is 25.2 Å². The van der Waals surface area contributed by atoms with Crippen LogP contribution in [0.25, 0.3) is 0 Å². The van der Waals surface area contributed by atoms with Crippen LogP contribution in [0.1, 0.15) is 40.0 Å². The normalized spacial score (nSPS) is 17.7. The minimum Gasteiger partial charge on any atom is -0.469 e. The Morgan fingerprint density at radius 2 is 1.92 bits per heavy atom. The number of ether oxygens (including phenoxy) is 2. The van der Waals surface area contributed by atoms with Gasteiger partial charge in [-0.25, -0.2) is 0 Å². The van der Waals surface area contributed by atoms with Gasteiger partial charge in [-0.2, -0.15) is 0 Å². The SMILES string of the molecule is CCC(C)(CC(N)CC(C)C(=O)OC)C(=O)OCC(O)CN(C)C. The first-order valence-electron chi connectivity index (χ1n) is 8.39. The van der Waals surface area contributed by atoms with Crippen LogP contribution in [0.15, 0.2) is 0 Å². The summed E-state index contributed by atoms with van der Waals surface area (Å²) in [6, 6.07) is -0.316. The highest BCUT2D eigenvalue weighted by molar-refractivity contribution is 5.76. The zero-order chi connectivity index (χ0) is 18.9. The standard InChI is InChI=1S/C17H34N2O5/c1-7-17(3,9-13(18)8-12(2)15(21)23-6)16(22)24-11-14(20)10-19(4)5/h12-14,20H,7-11,18H2,1-6H3. The van der Waals surface area contributed by atoms with E-state index in [9.17, 15) is 14.7 Å². The first-order chi connectivity index (χ1) is 11.1. The summed E-state index contributed by atoms with van der Waals surface area (Å²) in [5.74, 6) is -0.994. The molecule has 0 spiro atoms. The molecule has 24 heavy (non-hydrogen) atoms. The van der Waals surface area contributed by atoms with E-state index in [4.69, 9.17) is 15.2 Å². The Kier molecular flexibility index (Phi) is 10.1. The van der Waals surface area contributed by atoms with Crippen molar-refractivity contribution in [3.05, 3.63) is 0 Å². The van der Waals surface area contributed by atoms with Crippen molar-refractivity contribution in [3.63, 3.8) is 0 Å². The monoisotopic (exact) mass is 346 g/mol. The van der Waals surface area contributed by atoms with Crippen LogP contribution in [0.3, 0.4) is 0 Å². The van der Waals surface area contributed by atoms with Crippen molar-refractivity contribution in [1.29, 1.82) is 0 Å². The zero-order valence-electron chi connectivity index (χ0n) is 15.9. The lowest BCUT2D eigenvalue weighted by Crippen LogP contribution is -2.39. The molecule has 0 rings (SSSR count). The number of methoxy groups -OCH3 is 1. The number of rotatable bonds is 11. The van der Waals surface area contributed by atoms with E-state index in [2.05, 4.69) is 0 Å². The molecule has 0 saturated carbocycles. The topological polar surface area (TPSA) is 102 Å². The van der Waals surface area contributed by atoms with Crippen LogP contribution in [0, 0.1) is 11.3 Å². The van der Waals surface area contributed by atoms with Crippen molar-refractivity contribution in [1.82, 2.24) is 4.90 Å². The molecule has 0 aliphatic rings. The second-order valence-corrected chi connectivity index (χ2v) is 7.05. The van der Waals surface area contributed by atoms with E-state index in [1.165, 1.54) is 7.11 Å². The van der Waals surface area contributed by atoms with Crippen LogP contribution >= 0.6 is 0 Å². The van der Waals surface area contributed by atoms with E-state index in [0.29, 0.717) is 25.8 Å². The number of hydrogen-bond donors (Lipinski definition) is 2. The van der Waals surface area contributed by atoms with Crippen LogP contribution in [-0.4, -0.2) is 68.4 Å². The van der Waals surface area contributed by atoms with E-state index in [1.54, 1.807) is 13.8 Å². The van der Waals surface area contributed by atoms with Gasteiger partial charge in [0.15, 0.2) is 0 Å². The van der Waals surface area contributed by atoms with Gasteiger partial charge in [0.05, 0.1) is 18.4 Å². The van der Waals surface area contributed by atoms with Gasteiger partial charge in [-0.15, -0.1) is 0 Å². The molecule has 4 unspecified atom stereocenters. The van der Waals surface area contributed by atoms with Gasteiger partial charge in [0.25, 0.3) is 0 Å². The Morgan fingerprint density at radius 3 is 2.38 bits per heavy atom. The van der Waals surface area contributed by atoms with Crippen molar-refractivity contribution < 1.29 is 24.2 Å². The first kappa shape index (κ1) is 22.8. The lowest BCUT2D eigenvalue weighted by molar-refractivity contribution is -0.159. The van der Waals surface area contributed by atoms with Gasteiger partial charge in [0, 0.05) is 12.6 Å². The molecule has 7 heteroatoms. The van der Waals surface area contributed by atoms with Gasteiger partial charge in [-0.05, 0) is 40.3 Å². The van der Waals surface area contributed by atoms with Crippen LogP contribution in [0.4, 0.5) is 0 Å². The third-order valence-electron chi connectivity index (χ3n) is 4.23. The maximum absolute atomic E-state index is 12.4. The lowest BCUT2D eigenvalue weighted by Gasteiger charge is -2.30. The highest BCUT2D eigenvalue weighted by Crippen LogP contribution is 2.30. The summed E-state index contributed by atoms with van der Waals surface area (Å²) in [6.07, 6.45) is 0.695. The third-order valence-corrected chi connectivity index (χ3v) is 4.23. The van der Waals surface area contributed by atoms with Gasteiger partial charge in [0.1, 0.15) is 12.7 Å². The fraction of sp³-hybridized carbons (Fsp3) is 0.882. The second-order valence-electron chi connectivity index (χ2n) is 7.05. The summed E-state index contributed by atoms with van der Waals surface area (Å²) in [6.45, 7) is 5.84. The summed E-state index contributed by atoms with van der Waals surface area (Å²) in [5.41, 5.74) is 5.37. The number of carbonyl (C=O) groups is 2. The summed E-state index contributed by atoms with van der Waals surface area (Å²) < 4.78 is 9.97. The van der Waals surface area contributed by atoms with E-state index >= 15 is 0 Å². The predicted molar refractivity (Wildman–Crippen MR) is 92.3 cm³/mol. The molecule has 0 heterocycles. The number of hydrogen-bond acceptors (Lipinski definition) is 7. The van der Waals surface area contributed by atoms with Gasteiger partial charge in [-0.1, -0.05) is 13.8 Å². The fourth-order valence-electron chi connectivity index (χ4n) is 2.61. The number of nitrogens with zero attached hydrogens (tertiary/aromatic N) is 1. The molecular weight excluding hydrogens is 312 g/mol. The molecule has 0 fully saturated rings. The Hall–Kier alpha value is -1.18. The van der Waals surface area contributed by atoms with Gasteiger partial charge in [0.2, 0.25) is 0 Å². The molecule has 7 nitrogen and oxygen atoms in total. The Balaban J connectivity index is 4.59. The summed E-state index contributed by atoms with van der Waals surface area (Å²) >= 11 is 0. The van der Waals surface area contributed by atoms with Crippen molar-refractivity contribution >= 4 is 11.9 Å². The van der Waals surface area contributed by atoms with Crippen molar-refractivity contribution in [2.45, 2.75) is 52.2 Å². The molecule has 3 N–H and O–H groups in total. The second kappa shape index (κ2) is 10.6. The van der Waals surface area contributed by atoms with E-state index < -0.39 is 11.5 Å². The molecule has 0 saturated heterocycles. The Bertz CT molecular complexity index is 402. The molecule has 0 bridgehead atoms.